The Balaban J connectivity index is 2.26. The first-order valence-electron chi connectivity index (χ1n) is 4.97. The van der Waals surface area contributed by atoms with E-state index in [9.17, 15) is 4.39 Å². The topological polar surface area (TPSA) is 29.3 Å². The highest BCUT2D eigenvalue weighted by Crippen LogP contribution is 2.28. The Hall–Kier alpha value is -0.450. The number of rotatable bonds is 1. The van der Waals surface area contributed by atoms with E-state index in [1.165, 1.54) is 6.07 Å². The largest absolute Gasteiger partial charge is 0.326 e. The van der Waals surface area contributed by atoms with Crippen LogP contribution in [0.1, 0.15) is 11.5 Å². The van der Waals surface area contributed by atoms with Crippen LogP contribution in [0.4, 0.5) is 4.39 Å². The van der Waals surface area contributed by atoms with E-state index in [1.54, 1.807) is 0 Å². The van der Waals surface area contributed by atoms with Gasteiger partial charge in [0.1, 0.15) is 5.82 Å². The van der Waals surface area contributed by atoms with E-state index in [1.807, 2.05) is 12.1 Å². The summed E-state index contributed by atoms with van der Waals surface area (Å²) in [6.45, 7) is 1.85. The predicted molar refractivity (Wildman–Crippen MR) is 62.3 cm³/mol. The highest BCUT2D eigenvalue weighted by atomic mass is 79.9. The minimum absolute atomic E-state index is 0.146. The number of benzene rings is 1. The van der Waals surface area contributed by atoms with Gasteiger partial charge in [0.25, 0.3) is 0 Å². The molecule has 2 rings (SSSR count). The second kappa shape index (κ2) is 4.20. The van der Waals surface area contributed by atoms with Crippen molar-refractivity contribution in [1.82, 2.24) is 4.90 Å². The van der Waals surface area contributed by atoms with Crippen molar-refractivity contribution in [3.05, 3.63) is 34.1 Å². The van der Waals surface area contributed by atoms with Crippen LogP contribution in [0.2, 0.25) is 0 Å². The molecule has 1 aromatic carbocycles. The molecule has 1 aromatic rings. The molecule has 1 fully saturated rings. The van der Waals surface area contributed by atoms with Crippen LogP contribution in [-0.2, 0) is 0 Å². The van der Waals surface area contributed by atoms with E-state index in [0.717, 1.165) is 18.7 Å². The van der Waals surface area contributed by atoms with Crippen LogP contribution in [0, 0.1) is 5.82 Å². The van der Waals surface area contributed by atoms with E-state index in [4.69, 9.17) is 5.73 Å². The molecule has 0 saturated carbocycles. The maximum absolute atomic E-state index is 13.1. The summed E-state index contributed by atoms with van der Waals surface area (Å²) < 4.78 is 13.6. The highest BCUT2D eigenvalue weighted by Gasteiger charge is 2.29. The summed E-state index contributed by atoms with van der Waals surface area (Å²) in [6, 6.07) is 5.29. The highest BCUT2D eigenvalue weighted by molar-refractivity contribution is 9.10. The molecule has 82 valence electrons. The molecule has 4 heteroatoms. The molecule has 0 spiro atoms. The number of halogens is 2. The van der Waals surface area contributed by atoms with E-state index in [2.05, 4.69) is 27.9 Å². The lowest BCUT2D eigenvalue weighted by Crippen LogP contribution is -2.27. The summed E-state index contributed by atoms with van der Waals surface area (Å²) in [6.07, 6.45) is 0. The van der Waals surface area contributed by atoms with Gasteiger partial charge in [-0.25, -0.2) is 4.39 Å². The Morgan fingerprint density at radius 3 is 2.73 bits per heavy atom. The molecule has 2 nitrogen and oxygen atoms in total. The molecule has 2 unspecified atom stereocenters. The van der Waals surface area contributed by atoms with Crippen LogP contribution in [0.3, 0.4) is 0 Å². The smallest absolute Gasteiger partial charge is 0.137 e. The zero-order chi connectivity index (χ0) is 11.0. The third-order valence-electron chi connectivity index (χ3n) is 2.92. The average molecular weight is 273 g/mol. The maximum atomic E-state index is 13.1. The summed E-state index contributed by atoms with van der Waals surface area (Å²) in [4.78, 5) is 2.20. The fraction of sp³-hybridized carbons (Fsp3) is 0.455. The van der Waals surface area contributed by atoms with Gasteiger partial charge in [0, 0.05) is 25.0 Å². The van der Waals surface area contributed by atoms with Crippen molar-refractivity contribution in [3.8, 4) is 0 Å². The Morgan fingerprint density at radius 1 is 1.47 bits per heavy atom. The number of nitrogens with two attached hydrogens (primary N) is 1. The zero-order valence-electron chi connectivity index (χ0n) is 8.58. The van der Waals surface area contributed by atoms with Gasteiger partial charge in [-0.05, 0) is 40.7 Å². The average Bonchev–Trinajstić information content (AvgIpc) is 2.50. The molecule has 2 atom stereocenters. The monoisotopic (exact) mass is 272 g/mol. The molecule has 0 radical (unpaired) electrons. The predicted octanol–water partition coefficient (Wildman–Crippen LogP) is 1.94. The van der Waals surface area contributed by atoms with Gasteiger partial charge in [-0.1, -0.05) is 6.07 Å². The second-order valence-corrected chi connectivity index (χ2v) is 5.02. The molecule has 1 saturated heterocycles. The number of hydrogen-bond acceptors (Lipinski definition) is 2. The van der Waals surface area contributed by atoms with Gasteiger partial charge < -0.3 is 10.6 Å². The zero-order valence-corrected chi connectivity index (χ0v) is 10.2. The summed E-state index contributed by atoms with van der Waals surface area (Å²) in [5, 5.41) is 0. The lowest BCUT2D eigenvalue weighted by atomic mass is 9.95. The van der Waals surface area contributed by atoms with Gasteiger partial charge in [0.05, 0.1) is 4.47 Å². The summed E-state index contributed by atoms with van der Waals surface area (Å²) in [5.41, 5.74) is 7.15. The molecule has 0 amide bonds. The van der Waals surface area contributed by atoms with Crippen LogP contribution >= 0.6 is 15.9 Å². The molecule has 1 aliphatic rings. The van der Waals surface area contributed by atoms with Crippen molar-refractivity contribution >= 4 is 15.9 Å². The van der Waals surface area contributed by atoms with Crippen LogP contribution in [0.25, 0.3) is 0 Å². The van der Waals surface area contributed by atoms with Gasteiger partial charge >= 0.3 is 0 Å². The van der Waals surface area contributed by atoms with Crippen molar-refractivity contribution in [2.75, 3.05) is 20.1 Å². The number of likely N-dealkylation sites (tertiary alicyclic amines) is 1. The number of nitrogens with zero attached hydrogens (tertiary/aromatic N) is 1. The number of hydrogen-bond donors (Lipinski definition) is 1. The SMILES string of the molecule is CN1CC(N)C(c2ccc(F)c(Br)c2)C1. The molecule has 0 aliphatic carbocycles. The summed E-state index contributed by atoms with van der Waals surface area (Å²) >= 11 is 3.20. The lowest BCUT2D eigenvalue weighted by Gasteiger charge is -2.15. The first kappa shape index (κ1) is 11.0. The fourth-order valence-electron chi connectivity index (χ4n) is 2.13. The van der Waals surface area contributed by atoms with Crippen molar-refractivity contribution in [2.24, 2.45) is 5.73 Å². The molecule has 2 N–H and O–H groups in total. The Bertz CT molecular complexity index is 370. The van der Waals surface area contributed by atoms with Crippen molar-refractivity contribution < 1.29 is 4.39 Å². The fourth-order valence-corrected chi connectivity index (χ4v) is 2.52. The van der Waals surface area contributed by atoms with Crippen LogP contribution in [0.5, 0.6) is 0 Å². The molecule has 0 aromatic heterocycles. The van der Waals surface area contributed by atoms with E-state index >= 15 is 0 Å². The van der Waals surface area contributed by atoms with E-state index < -0.39 is 0 Å². The van der Waals surface area contributed by atoms with Crippen molar-refractivity contribution in [3.63, 3.8) is 0 Å². The van der Waals surface area contributed by atoms with Crippen LogP contribution in [0.15, 0.2) is 22.7 Å². The van der Waals surface area contributed by atoms with Crippen LogP contribution < -0.4 is 5.73 Å². The maximum Gasteiger partial charge on any atom is 0.137 e. The minimum Gasteiger partial charge on any atom is -0.326 e. The molecule has 15 heavy (non-hydrogen) atoms. The lowest BCUT2D eigenvalue weighted by molar-refractivity contribution is 0.407. The Kier molecular flexibility index (Phi) is 3.09. The number of likely N-dealkylation sites (N-methyl/N-ethyl adjacent to an activating group) is 1. The van der Waals surface area contributed by atoms with Crippen LogP contribution in [-0.4, -0.2) is 31.1 Å². The second-order valence-electron chi connectivity index (χ2n) is 4.17. The first-order valence-corrected chi connectivity index (χ1v) is 5.76. The van der Waals surface area contributed by atoms with E-state index in [-0.39, 0.29) is 11.9 Å². The van der Waals surface area contributed by atoms with Gasteiger partial charge in [-0.3, -0.25) is 0 Å². The normalized spacial score (nSPS) is 27.2. The van der Waals surface area contributed by atoms with Gasteiger partial charge in [-0.15, -0.1) is 0 Å². The van der Waals surface area contributed by atoms with Gasteiger partial charge in [-0.2, -0.15) is 0 Å². The standard InChI is InChI=1S/C11H14BrFN2/c1-15-5-8(11(14)6-15)7-2-3-10(13)9(12)4-7/h2-4,8,11H,5-6,14H2,1H3. The quantitative estimate of drug-likeness (QED) is 0.847. The molecule has 0 bridgehead atoms. The molecular formula is C11H14BrFN2. The van der Waals surface area contributed by atoms with Crippen molar-refractivity contribution in [1.29, 1.82) is 0 Å². The van der Waals surface area contributed by atoms with Gasteiger partial charge in [0.15, 0.2) is 0 Å². The summed E-state index contributed by atoms with van der Waals surface area (Å²) in [5.74, 6) is 0.0885. The molecule has 1 aliphatic heterocycles. The Morgan fingerprint density at radius 2 is 2.20 bits per heavy atom. The first-order chi connectivity index (χ1) is 7.08. The van der Waals surface area contributed by atoms with E-state index in [0.29, 0.717) is 10.4 Å². The minimum atomic E-state index is -0.223. The molecular weight excluding hydrogens is 259 g/mol. The summed E-state index contributed by atoms with van der Waals surface area (Å²) in [7, 11) is 2.05. The third kappa shape index (κ3) is 2.22. The Labute approximate surface area is 97.4 Å². The third-order valence-corrected chi connectivity index (χ3v) is 3.53. The van der Waals surface area contributed by atoms with Gasteiger partial charge in [0.2, 0.25) is 0 Å². The molecule has 1 heterocycles. The van der Waals surface area contributed by atoms with Crippen molar-refractivity contribution in [2.45, 2.75) is 12.0 Å².